The fourth-order valence-corrected chi connectivity index (χ4v) is 7.35. The number of cyclic esters (lactones) is 2. The van der Waals surface area contributed by atoms with Crippen LogP contribution in [0.2, 0.25) is 13.6 Å². The van der Waals surface area contributed by atoms with E-state index in [2.05, 4.69) is 57.6 Å². The molecule has 310 valence electrons. The molecule has 2 aromatic rings. The molecule has 0 unspecified atom stereocenters. The third kappa shape index (κ3) is 12.3. The van der Waals surface area contributed by atoms with Crippen molar-refractivity contribution in [1.29, 1.82) is 0 Å². The van der Waals surface area contributed by atoms with Gasteiger partial charge in [0.25, 0.3) is 0 Å². The summed E-state index contributed by atoms with van der Waals surface area (Å²) in [6.07, 6.45) is 17.7. The van der Waals surface area contributed by atoms with Gasteiger partial charge in [0.15, 0.2) is 0 Å². The average molecular weight is 784 g/mol. The van der Waals surface area contributed by atoms with Gasteiger partial charge in [-0.15, -0.1) is 0 Å². The van der Waals surface area contributed by atoms with E-state index in [1.54, 1.807) is 42.1 Å². The summed E-state index contributed by atoms with van der Waals surface area (Å²) in [7, 11) is -1.25. The topological polar surface area (TPSA) is 217 Å². The molecule has 0 radical (unpaired) electrons. The lowest BCUT2D eigenvalue weighted by Crippen LogP contribution is -2.65. The number of fused-ring (bicyclic) bond motifs is 1. The van der Waals surface area contributed by atoms with E-state index < -0.39 is 38.2 Å². The van der Waals surface area contributed by atoms with Crippen molar-refractivity contribution in [2.24, 2.45) is 5.73 Å². The molecule has 1 aliphatic carbocycles. The summed E-state index contributed by atoms with van der Waals surface area (Å²) >= 11 is 0. The molecule has 2 aromatic heterocycles. The SMILES string of the molecule is CB(O)N1CCN(C(=O)NC2CCCCC2)[C@@H](C(=O)NCCC(C)(C)n2ccnc2)C1.CB(O)N1CCN2C(=O)OC(=O)[C@H]2C1.CC(C)(CCN)n1ccnc1. The number of ether oxygens (including phenoxy) is 1. The molecule has 4 amide bonds. The van der Waals surface area contributed by atoms with Crippen molar-refractivity contribution in [3.8, 4) is 0 Å². The van der Waals surface area contributed by atoms with Crippen LogP contribution in [0.4, 0.5) is 9.59 Å². The molecular weight excluding hydrogens is 720 g/mol. The van der Waals surface area contributed by atoms with Crippen molar-refractivity contribution in [3.63, 3.8) is 0 Å². The normalized spacial score (nSPS) is 20.9. The highest BCUT2D eigenvalue weighted by Gasteiger charge is 2.45. The number of aromatic nitrogens is 4. The summed E-state index contributed by atoms with van der Waals surface area (Å²) in [5, 5.41) is 25.5. The maximum absolute atomic E-state index is 13.1. The summed E-state index contributed by atoms with van der Waals surface area (Å²) in [6, 6.07) is -1.14. The van der Waals surface area contributed by atoms with Crippen LogP contribution in [0, 0.1) is 0 Å². The minimum atomic E-state index is -0.654. The quantitative estimate of drug-likeness (QED) is 0.123. The lowest BCUT2D eigenvalue weighted by atomic mass is 9.83. The minimum absolute atomic E-state index is 0.102. The smallest absolute Gasteiger partial charge is 0.418 e. The molecule has 20 heteroatoms. The van der Waals surface area contributed by atoms with Gasteiger partial charge in [-0.3, -0.25) is 9.69 Å². The second-order valence-corrected chi connectivity index (χ2v) is 16.3. The number of carbonyl (C=O) groups is 4. The second kappa shape index (κ2) is 20.5. The molecule has 2 atom stereocenters. The van der Waals surface area contributed by atoms with E-state index >= 15 is 0 Å². The number of hydrogen-bond acceptors (Lipinski definition) is 12. The van der Waals surface area contributed by atoms with Crippen molar-refractivity contribution < 1.29 is 34.0 Å². The Hall–Kier alpha value is -3.97. The van der Waals surface area contributed by atoms with E-state index in [0.717, 1.165) is 38.5 Å². The standard InChI is InChI=1S/C21H37BN6O3.C8H15N3.C7H11BN2O4/c1-21(2,26-12-11-23-16-26)9-10-24-19(29)18-15-27(22(3)31)13-14-28(18)20(30)25-17-7-5-4-6-8-17;1-8(2,3-4-9)11-6-5-10-7-11;1-8(13)9-2-3-10-5(4-9)6(11)14-7(10)12/h11-12,16-18,31H,4-10,13-15H2,1-3H3,(H,24,29)(H,25,30);5-7H,3-4,9H2,1-2H3;5,13H,2-4H2,1H3/t18-;;5-/m1.1/s1. The Morgan fingerprint density at radius 1 is 0.875 bits per heavy atom. The Morgan fingerprint density at radius 3 is 2.00 bits per heavy atom. The summed E-state index contributed by atoms with van der Waals surface area (Å²) in [5.41, 5.74) is 5.41. The van der Waals surface area contributed by atoms with E-state index in [0.29, 0.717) is 52.4 Å². The van der Waals surface area contributed by atoms with Crippen molar-refractivity contribution in [2.45, 2.75) is 115 Å². The van der Waals surface area contributed by atoms with Crippen LogP contribution in [0.15, 0.2) is 37.4 Å². The van der Waals surface area contributed by atoms with Crippen LogP contribution in [0.5, 0.6) is 0 Å². The Bertz CT molecular complexity index is 1540. The fourth-order valence-electron chi connectivity index (χ4n) is 7.35. The third-order valence-corrected chi connectivity index (χ3v) is 11.3. The average Bonchev–Trinajstić information content (AvgIpc) is 3.96. The highest BCUT2D eigenvalue weighted by atomic mass is 16.6. The van der Waals surface area contributed by atoms with Gasteiger partial charge in [0.1, 0.15) is 12.1 Å². The van der Waals surface area contributed by atoms with Gasteiger partial charge in [-0.2, -0.15) is 0 Å². The van der Waals surface area contributed by atoms with E-state index in [9.17, 15) is 29.2 Å². The number of nitrogens with one attached hydrogen (secondary N) is 2. The summed E-state index contributed by atoms with van der Waals surface area (Å²) < 4.78 is 8.59. The highest BCUT2D eigenvalue weighted by Crippen LogP contribution is 2.22. The second-order valence-electron chi connectivity index (χ2n) is 16.3. The number of piperazine rings is 2. The number of urea groups is 1. The zero-order valence-electron chi connectivity index (χ0n) is 34.0. The van der Waals surface area contributed by atoms with Gasteiger partial charge >= 0.3 is 32.2 Å². The Balaban J connectivity index is 0.000000227. The molecule has 56 heavy (non-hydrogen) atoms. The predicted molar refractivity (Wildman–Crippen MR) is 213 cm³/mol. The van der Waals surface area contributed by atoms with E-state index in [-0.39, 0.29) is 29.1 Å². The van der Waals surface area contributed by atoms with Gasteiger partial charge in [-0.1, -0.05) is 19.3 Å². The van der Waals surface area contributed by atoms with E-state index in [1.807, 2.05) is 28.1 Å². The molecule has 3 aliphatic heterocycles. The monoisotopic (exact) mass is 784 g/mol. The van der Waals surface area contributed by atoms with Crippen molar-refractivity contribution >= 4 is 38.1 Å². The van der Waals surface area contributed by atoms with Gasteiger partial charge in [0, 0.05) is 87.7 Å². The Morgan fingerprint density at radius 2 is 1.45 bits per heavy atom. The molecule has 6 N–H and O–H groups in total. The molecule has 0 bridgehead atoms. The first-order chi connectivity index (χ1) is 26.5. The lowest BCUT2D eigenvalue weighted by molar-refractivity contribution is -0.136. The van der Waals surface area contributed by atoms with Crippen molar-refractivity contribution in [2.75, 3.05) is 52.4 Å². The molecule has 3 saturated heterocycles. The summed E-state index contributed by atoms with van der Waals surface area (Å²) in [6.45, 7) is 15.7. The molecule has 0 spiro atoms. The van der Waals surface area contributed by atoms with Crippen LogP contribution < -0.4 is 16.4 Å². The van der Waals surface area contributed by atoms with Gasteiger partial charge in [0.05, 0.1) is 12.7 Å². The van der Waals surface area contributed by atoms with Gasteiger partial charge in [-0.25, -0.2) is 24.4 Å². The van der Waals surface area contributed by atoms with Crippen LogP contribution in [-0.4, -0.2) is 157 Å². The highest BCUT2D eigenvalue weighted by molar-refractivity contribution is 6.45. The van der Waals surface area contributed by atoms with Gasteiger partial charge < -0.3 is 54.8 Å². The molecular formula is C36H63B2N11O7. The number of amides is 4. The minimum Gasteiger partial charge on any atom is -0.437 e. The first-order valence-corrected chi connectivity index (χ1v) is 19.9. The van der Waals surface area contributed by atoms with Crippen LogP contribution in [-0.2, 0) is 25.4 Å². The van der Waals surface area contributed by atoms with Crippen molar-refractivity contribution in [3.05, 3.63) is 37.4 Å². The molecule has 4 aliphatic rings. The zero-order chi connectivity index (χ0) is 41.0. The van der Waals surface area contributed by atoms with Crippen molar-refractivity contribution in [1.82, 2.24) is 49.2 Å². The lowest BCUT2D eigenvalue weighted by Gasteiger charge is -2.41. The van der Waals surface area contributed by atoms with E-state index in [4.69, 9.17) is 5.73 Å². The maximum atomic E-state index is 13.1. The number of rotatable bonds is 11. The van der Waals surface area contributed by atoms with E-state index in [1.165, 1.54) is 11.3 Å². The molecule has 1 saturated carbocycles. The largest absolute Gasteiger partial charge is 0.437 e. The molecule has 18 nitrogen and oxygen atoms in total. The van der Waals surface area contributed by atoms with Crippen LogP contribution in [0.25, 0.3) is 0 Å². The number of imidazole rings is 2. The molecule has 5 heterocycles. The number of nitrogens with two attached hydrogens (primary N) is 1. The summed E-state index contributed by atoms with van der Waals surface area (Å²) in [4.78, 5) is 63.1. The fraction of sp³-hybridized carbons (Fsp3) is 0.722. The molecule has 0 aromatic carbocycles. The first-order valence-electron chi connectivity index (χ1n) is 19.9. The van der Waals surface area contributed by atoms with Crippen LogP contribution in [0.3, 0.4) is 0 Å². The Labute approximate surface area is 331 Å². The number of hydrogen-bond donors (Lipinski definition) is 5. The van der Waals surface area contributed by atoms with Crippen LogP contribution >= 0.6 is 0 Å². The number of esters is 1. The first kappa shape index (κ1) is 44.7. The van der Waals surface area contributed by atoms with Gasteiger partial charge in [0.2, 0.25) is 5.91 Å². The molecule has 4 fully saturated rings. The molecule has 6 rings (SSSR count). The predicted octanol–water partition coefficient (Wildman–Crippen LogP) is 0.990. The number of nitrogens with zero attached hydrogens (tertiary/aromatic N) is 8. The maximum Gasteiger partial charge on any atom is 0.418 e. The summed E-state index contributed by atoms with van der Waals surface area (Å²) in [5.74, 6) is -0.689. The Kier molecular flexibility index (Phi) is 16.3. The van der Waals surface area contributed by atoms with Gasteiger partial charge in [-0.05, 0) is 73.6 Å². The third-order valence-electron chi connectivity index (χ3n) is 11.3. The zero-order valence-corrected chi connectivity index (χ0v) is 34.0. The number of carbonyl (C=O) groups excluding carboxylic acids is 4. The van der Waals surface area contributed by atoms with Crippen LogP contribution in [0.1, 0.15) is 72.6 Å².